The Labute approximate surface area is 172 Å². The van der Waals surface area contributed by atoms with Crippen molar-refractivity contribution in [3.8, 4) is 11.1 Å². The van der Waals surface area contributed by atoms with Crippen LogP contribution in [-0.4, -0.2) is 48.1 Å². The van der Waals surface area contributed by atoms with E-state index in [9.17, 15) is 4.79 Å². The van der Waals surface area contributed by atoms with Crippen molar-refractivity contribution in [2.45, 2.75) is 19.4 Å². The third-order valence-corrected chi connectivity index (χ3v) is 4.40. The lowest BCUT2D eigenvalue weighted by Crippen LogP contribution is -2.46. The Morgan fingerprint density at radius 1 is 1.30 bits per heavy atom. The second-order valence-corrected chi connectivity index (χ2v) is 6.29. The van der Waals surface area contributed by atoms with E-state index in [0.29, 0.717) is 37.6 Å². The fourth-order valence-corrected chi connectivity index (χ4v) is 3.09. The first-order chi connectivity index (χ1) is 12.1. The molecule has 1 fully saturated rings. The first-order valence-electron chi connectivity index (χ1n) is 8.53. The molecule has 0 saturated carbocycles. The standard InChI is InChI=1S/C19H24N4O2.2ClH/c1-13-5-6-17(18(21)22-13)14-3-2-4-15(11-14)19(24)23-9-10-25-16(12-23)7-8-20;;/h2-6,11,16H,7-10,12,20H2,1H3,(H2,21,22);2*1H. The summed E-state index contributed by atoms with van der Waals surface area (Å²) in [6.45, 7) is 4.18. The Balaban J connectivity index is 0.00000182. The van der Waals surface area contributed by atoms with Gasteiger partial charge in [-0.3, -0.25) is 4.79 Å². The number of nitrogen functional groups attached to an aromatic ring is 1. The van der Waals surface area contributed by atoms with Gasteiger partial charge in [0.1, 0.15) is 5.82 Å². The maximum atomic E-state index is 12.9. The Hall–Kier alpha value is -1.86. The van der Waals surface area contributed by atoms with Crippen molar-refractivity contribution in [2.75, 3.05) is 32.0 Å². The number of benzene rings is 1. The van der Waals surface area contributed by atoms with Gasteiger partial charge in [-0.15, -0.1) is 24.8 Å². The lowest BCUT2D eigenvalue weighted by molar-refractivity contribution is -0.0236. The summed E-state index contributed by atoms with van der Waals surface area (Å²) in [5.74, 6) is 0.477. The van der Waals surface area contributed by atoms with Gasteiger partial charge in [0, 0.05) is 29.9 Å². The maximum Gasteiger partial charge on any atom is 0.254 e. The minimum absolute atomic E-state index is 0. The van der Waals surface area contributed by atoms with Crippen LogP contribution < -0.4 is 11.5 Å². The van der Waals surface area contributed by atoms with E-state index in [1.54, 1.807) is 0 Å². The summed E-state index contributed by atoms with van der Waals surface area (Å²) >= 11 is 0. The molecule has 0 bridgehead atoms. The zero-order valence-corrected chi connectivity index (χ0v) is 16.9. The van der Waals surface area contributed by atoms with Crippen molar-refractivity contribution in [3.63, 3.8) is 0 Å². The highest BCUT2D eigenvalue weighted by atomic mass is 35.5. The second kappa shape index (κ2) is 10.5. The topological polar surface area (TPSA) is 94.5 Å². The van der Waals surface area contributed by atoms with Gasteiger partial charge in [0.25, 0.3) is 5.91 Å². The van der Waals surface area contributed by atoms with Crippen LogP contribution in [0.25, 0.3) is 11.1 Å². The van der Waals surface area contributed by atoms with Gasteiger partial charge >= 0.3 is 0 Å². The highest BCUT2D eigenvalue weighted by Gasteiger charge is 2.24. The Morgan fingerprint density at radius 2 is 2.07 bits per heavy atom. The first kappa shape index (κ1) is 23.2. The molecule has 1 amide bonds. The number of pyridine rings is 1. The Bertz CT molecular complexity index is 771. The minimum Gasteiger partial charge on any atom is -0.383 e. The van der Waals surface area contributed by atoms with Crippen LogP contribution in [0.5, 0.6) is 0 Å². The van der Waals surface area contributed by atoms with Crippen molar-refractivity contribution in [2.24, 2.45) is 5.73 Å². The molecule has 1 aliphatic rings. The summed E-state index contributed by atoms with van der Waals surface area (Å²) in [6, 6.07) is 11.4. The molecule has 6 nitrogen and oxygen atoms in total. The third-order valence-electron chi connectivity index (χ3n) is 4.40. The molecule has 1 unspecified atom stereocenters. The molecule has 8 heteroatoms. The van der Waals surface area contributed by atoms with Crippen LogP contribution in [0.4, 0.5) is 5.82 Å². The Morgan fingerprint density at radius 3 is 2.78 bits per heavy atom. The van der Waals surface area contributed by atoms with Crippen molar-refractivity contribution >= 4 is 36.5 Å². The van der Waals surface area contributed by atoms with Gasteiger partial charge in [0.05, 0.1) is 12.7 Å². The molecule has 1 atom stereocenters. The summed E-state index contributed by atoms with van der Waals surface area (Å²) in [5, 5.41) is 0. The molecular weight excluding hydrogens is 387 g/mol. The maximum absolute atomic E-state index is 12.9. The molecular formula is C19H26Cl2N4O2. The van der Waals surface area contributed by atoms with Crippen LogP contribution in [-0.2, 0) is 4.74 Å². The number of nitrogens with two attached hydrogens (primary N) is 2. The summed E-state index contributed by atoms with van der Waals surface area (Å²) in [5.41, 5.74) is 14.9. The van der Waals surface area contributed by atoms with E-state index in [2.05, 4.69) is 4.98 Å². The third kappa shape index (κ3) is 5.56. The Kier molecular flexibility index (Phi) is 8.99. The van der Waals surface area contributed by atoms with E-state index in [1.807, 2.05) is 48.2 Å². The average molecular weight is 413 g/mol. The van der Waals surface area contributed by atoms with Crippen LogP contribution in [0.3, 0.4) is 0 Å². The molecule has 1 aliphatic heterocycles. The van der Waals surface area contributed by atoms with E-state index in [0.717, 1.165) is 23.2 Å². The van der Waals surface area contributed by atoms with E-state index < -0.39 is 0 Å². The molecule has 1 aromatic heterocycles. The molecule has 0 spiro atoms. The summed E-state index contributed by atoms with van der Waals surface area (Å²) in [6.07, 6.45) is 0.776. The average Bonchev–Trinajstić information content (AvgIpc) is 2.62. The van der Waals surface area contributed by atoms with Gasteiger partial charge in [0.15, 0.2) is 0 Å². The smallest absolute Gasteiger partial charge is 0.254 e. The lowest BCUT2D eigenvalue weighted by atomic mass is 10.0. The minimum atomic E-state index is 0. The number of carbonyl (C=O) groups excluding carboxylic acids is 1. The van der Waals surface area contributed by atoms with E-state index in [4.69, 9.17) is 16.2 Å². The summed E-state index contributed by atoms with van der Waals surface area (Å²) in [7, 11) is 0. The predicted molar refractivity (Wildman–Crippen MR) is 113 cm³/mol. The van der Waals surface area contributed by atoms with Gasteiger partial charge in [0.2, 0.25) is 0 Å². The lowest BCUT2D eigenvalue weighted by Gasteiger charge is -2.33. The number of carbonyl (C=O) groups is 1. The monoisotopic (exact) mass is 412 g/mol. The number of hydrogen-bond acceptors (Lipinski definition) is 5. The second-order valence-electron chi connectivity index (χ2n) is 6.29. The molecule has 3 rings (SSSR count). The van der Waals surface area contributed by atoms with Crippen LogP contribution >= 0.6 is 24.8 Å². The van der Waals surface area contributed by atoms with Crippen LogP contribution in [0, 0.1) is 6.92 Å². The normalized spacial score (nSPS) is 16.2. The molecule has 0 aliphatic carbocycles. The molecule has 2 aromatic rings. The van der Waals surface area contributed by atoms with Crippen molar-refractivity contribution in [1.29, 1.82) is 0 Å². The molecule has 1 aromatic carbocycles. The summed E-state index contributed by atoms with van der Waals surface area (Å²) in [4.78, 5) is 19.0. The highest BCUT2D eigenvalue weighted by Crippen LogP contribution is 2.26. The summed E-state index contributed by atoms with van der Waals surface area (Å²) < 4.78 is 5.66. The van der Waals surface area contributed by atoms with Gasteiger partial charge in [-0.25, -0.2) is 4.98 Å². The molecule has 2 heterocycles. The number of amides is 1. The highest BCUT2D eigenvalue weighted by molar-refractivity contribution is 5.96. The number of aryl methyl sites for hydroxylation is 1. The zero-order chi connectivity index (χ0) is 17.8. The molecule has 148 valence electrons. The first-order valence-corrected chi connectivity index (χ1v) is 8.53. The number of rotatable bonds is 4. The number of anilines is 1. The number of aromatic nitrogens is 1. The van der Waals surface area contributed by atoms with Gasteiger partial charge in [-0.2, -0.15) is 0 Å². The van der Waals surface area contributed by atoms with E-state index in [1.165, 1.54) is 0 Å². The number of halogens is 2. The van der Waals surface area contributed by atoms with E-state index >= 15 is 0 Å². The largest absolute Gasteiger partial charge is 0.383 e. The molecule has 1 saturated heterocycles. The predicted octanol–water partition coefficient (Wildman–Crippen LogP) is 2.67. The molecule has 4 N–H and O–H groups in total. The number of hydrogen-bond donors (Lipinski definition) is 2. The zero-order valence-electron chi connectivity index (χ0n) is 15.3. The van der Waals surface area contributed by atoms with Gasteiger partial charge in [-0.05, 0) is 49.7 Å². The van der Waals surface area contributed by atoms with Crippen LogP contribution in [0.15, 0.2) is 36.4 Å². The van der Waals surface area contributed by atoms with Gasteiger partial charge in [-0.1, -0.05) is 12.1 Å². The molecule has 0 radical (unpaired) electrons. The SMILES string of the molecule is Cc1ccc(-c2cccc(C(=O)N3CCOC(CCN)C3)c2)c(N)n1.Cl.Cl. The number of nitrogens with zero attached hydrogens (tertiary/aromatic N) is 2. The fourth-order valence-electron chi connectivity index (χ4n) is 3.09. The van der Waals surface area contributed by atoms with Crippen molar-refractivity contribution < 1.29 is 9.53 Å². The van der Waals surface area contributed by atoms with Crippen LogP contribution in [0.1, 0.15) is 22.5 Å². The number of morpholine rings is 1. The van der Waals surface area contributed by atoms with E-state index in [-0.39, 0.29) is 36.8 Å². The number of ether oxygens (including phenoxy) is 1. The van der Waals surface area contributed by atoms with Crippen molar-refractivity contribution in [1.82, 2.24) is 9.88 Å². The molecule has 27 heavy (non-hydrogen) atoms. The van der Waals surface area contributed by atoms with Crippen molar-refractivity contribution in [3.05, 3.63) is 47.7 Å². The van der Waals surface area contributed by atoms with Gasteiger partial charge < -0.3 is 21.1 Å². The van der Waals surface area contributed by atoms with Crippen LogP contribution in [0.2, 0.25) is 0 Å². The quantitative estimate of drug-likeness (QED) is 0.804. The fraction of sp³-hybridized carbons (Fsp3) is 0.368.